The fourth-order valence-electron chi connectivity index (χ4n) is 2.89. The summed E-state index contributed by atoms with van der Waals surface area (Å²) in [6, 6.07) is 5.97. The average Bonchev–Trinajstić information content (AvgIpc) is 2.42. The van der Waals surface area contributed by atoms with Crippen molar-refractivity contribution in [1.82, 2.24) is 4.90 Å². The van der Waals surface area contributed by atoms with E-state index in [2.05, 4.69) is 17.9 Å². The summed E-state index contributed by atoms with van der Waals surface area (Å²) >= 11 is 0. The molecule has 1 saturated heterocycles. The second-order valence-corrected chi connectivity index (χ2v) is 5.45. The van der Waals surface area contributed by atoms with Gasteiger partial charge in [0.25, 0.3) is 0 Å². The van der Waals surface area contributed by atoms with E-state index in [1.54, 1.807) is 0 Å². The number of nitrogens with zero attached hydrogens (tertiary/aromatic N) is 1. The second kappa shape index (κ2) is 6.80. The van der Waals surface area contributed by atoms with Crippen molar-refractivity contribution in [2.45, 2.75) is 39.7 Å². The lowest BCUT2D eigenvalue weighted by atomic mass is 9.95. The number of likely N-dealkylation sites (tertiary alicyclic amines) is 1. The first-order valence-electron chi connectivity index (χ1n) is 7.46. The normalized spacial score (nSPS) is 20.4. The maximum atomic E-state index is 5.91. The standard InChI is InChI=1S/C16H26N2O/c1-3-13-6-5-9-18(11-13)12-14-10-15(17)7-8-16(14)19-4-2/h7-8,10,13H,3-6,9,11-12,17H2,1-2H3. The van der Waals surface area contributed by atoms with Crippen molar-refractivity contribution in [3.05, 3.63) is 23.8 Å². The van der Waals surface area contributed by atoms with E-state index in [9.17, 15) is 0 Å². The quantitative estimate of drug-likeness (QED) is 0.828. The minimum absolute atomic E-state index is 0.703. The van der Waals surface area contributed by atoms with E-state index in [0.717, 1.165) is 23.9 Å². The van der Waals surface area contributed by atoms with Gasteiger partial charge < -0.3 is 10.5 Å². The second-order valence-electron chi connectivity index (χ2n) is 5.45. The molecule has 1 unspecified atom stereocenters. The summed E-state index contributed by atoms with van der Waals surface area (Å²) in [6.45, 7) is 8.37. The van der Waals surface area contributed by atoms with Crippen LogP contribution < -0.4 is 10.5 Å². The van der Waals surface area contributed by atoms with Crippen molar-refractivity contribution in [3.63, 3.8) is 0 Å². The molecule has 0 spiro atoms. The van der Waals surface area contributed by atoms with Crippen LogP contribution in [-0.2, 0) is 6.54 Å². The Bertz CT molecular complexity index is 406. The van der Waals surface area contributed by atoms with Crippen LogP contribution in [0.4, 0.5) is 5.69 Å². The van der Waals surface area contributed by atoms with Crippen molar-refractivity contribution in [2.24, 2.45) is 5.92 Å². The van der Waals surface area contributed by atoms with Gasteiger partial charge in [-0.15, -0.1) is 0 Å². The van der Waals surface area contributed by atoms with Gasteiger partial charge >= 0.3 is 0 Å². The fourth-order valence-corrected chi connectivity index (χ4v) is 2.89. The van der Waals surface area contributed by atoms with Crippen molar-refractivity contribution >= 4 is 5.69 Å². The molecule has 1 aliphatic heterocycles. The number of hydrogen-bond acceptors (Lipinski definition) is 3. The monoisotopic (exact) mass is 262 g/mol. The third kappa shape index (κ3) is 3.87. The highest BCUT2D eigenvalue weighted by atomic mass is 16.5. The Morgan fingerprint density at radius 3 is 2.95 bits per heavy atom. The molecule has 1 aromatic rings. The lowest BCUT2D eigenvalue weighted by molar-refractivity contribution is 0.163. The molecule has 106 valence electrons. The van der Waals surface area contributed by atoms with Crippen LogP contribution in [0.3, 0.4) is 0 Å². The van der Waals surface area contributed by atoms with Crippen LogP contribution in [0.2, 0.25) is 0 Å². The molecule has 0 radical (unpaired) electrons. The van der Waals surface area contributed by atoms with Gasteiger partial charge in [0.2, 0.25) is 0 Å². The maximum Gasteiger partial charge on any atom is 0.123 e. The van der Waals surface area contributed by atoms with E-state index in [-0.39, 0.29) is 0 Å². The Morgan fingerprint density at radius 1 is 1.37 bits per heavy atom. The third-order valence-electron chi connectivity index (χ3n) is 3.96. The Kier molecular flexibility index (Phi) is 5.08. The van der Waals surface area contributed by atoms with Crippen molar-refractivity contribution in [1.29, 1.82) is 0 Å². The summed E-state index contributed by atoms with van der Waals surface area (Å²) in [5.74, 6) is 1.83. The summed E-state index contributed by atoms with van der Waals surface area (Å²) in [5, 5.41) is 0. The molecule has 0 aliphatic carbocycles. The van der Waals surface area contributed by atoms with Crippen molar-refractivity contribution in [2.75, 3.05) is 25.4 Å². The fraction of sp³-hybridized carbons (Fsp3) is 0.625. The first-order valence-corrected chi connectivity index (χ1v) is 7.46. The summed E-state index contributed by atoms with van der Waals surface area (Å²) in [6.07, 6.45) is 3.97. The summed E-state index contributed by atoms with van der Waals surface area (Å²) in [4.78, 5) is 2.54. The van der Waals surface area contributed by atoms with E-state index in [1.165, 1.54) is 37.9 Å². The van der Waals surface area contributed by atoms with Crippen molar-refractivity contribution < 1.29 is 4.74 Å². The zero-order valence-corrected chi connectivity index (χ0v) is 12.2. The van der Waals surface area contributed by atoms with Crippen LogP contribution in [0.15, 0.2) is 18.2 Å². The molecule has 1 aromatic carbocycles. The van der Waals surface area contributed by atoms with Gasteiger partial charge in [-0.3, -0.25) is 4.90 Å². The Hall–Kier alpha value is -1.22. The number of benzene rings is 1. The smallest absolute Gasteiger partial charge is 0.123 e. The van der Waals surface area contributed by atoms with Crippen molar-refractivity contribution in [3.8, 4) is 5.75 Å². The largest absolute Gasteiger partial charge is 0.494 e. The van der Waals surface area contributed by atoms with E-state index in [0.29, 0.717) is 6.61 Å². The number of hydrogen-bond donors (Lipinski definition) is 1. The molecule has 1 atom stereocenters. The molecule has 2 rings (SSSR count). The summed E-state index contributed by atoms with van der Waals surface area (Å²) < 4.78 is 5.70. The van der Waals surface area contributed by atoms with Gasteiger partial charge in [-0.05, 0) is 50.4 Å². The average molecular weight is 262 g/mol. The first-order chi connectivity index (χ1) is 9.22. The number of ether oxygens (including phenoxy) is 1. The molecule has 0 amide bonds. The van der Waals surface area contributed by atoms with Gasteiger partial charge in [-0.25, -0.2) is 0 Å². The number of anilines is 1. The van der Waals surface area contributed by atoms with Gasteiger partial charge in [-0.1, -0.05) is 13.3 Å². The molecule has 1 aliphatic rings. The molecule has 1 heterocycles. The Labute approximate surface area is 116 Å². The molecular weight excluding hydrogens is 236 g/mol. The van der Waals surface area contributed by atoms with Crippen LogP contribution in [0.5, 0.6) is 5.75 Å². The summed E-state index contributed by atoms with van der Waals surface area (Å²) in [7, 11) is 0. The van der Waals surface area contributed by atoms with E-state index >= 15 is 0 Å². The molecule has 0 aromatic heterocycles. The molecule has 1 fully saturated rings. The van der Waals surface area contributed by atoms with Gasteiger partial charge in [0.05, 0.1) is 6.61 Å². The van der Waals surface area contributed by atoms with Gasteiger partial charge in [0.15, 0.2) is 0 Å². The number of nitrogens with two attached hydrogens (primary N) is 1. The molecule has 3 nitrogen and oxygen atoms in total. The molecule has 2 N–H and O–H groups in total. The number of nitrogen functional groups attached to an aromatic ring is 1. The minimum atomic E-state index is 0.703. The maximum absolute atomic E-state index is 5.91. The van der Waals surface area contributed by atoms with E-state index in [1.807, 2.05) is 19.1 Å². The zero-order chi connectivity index (χ0) is 13.7. The van der Waals surface area contributed by atoms with Gasteiger partial charge in [0.1, 0.15) is 5.75 Å². The van der Waals surface area contributed by atoms with E-state index in [4.69, 9.17) is 10.5 Å². The van der Waals surface area contributed by atoms with Crippen LogP contribution in [-0.4, -0.2) is 24.6 Å². The molecule has 0 saturated carbocycles. The predicted octanol–water partition coefficient (Wildman–Crippen LogP) is 3.29. The van der Waals surface area contributed by atoms with Crippen LogP contribution >= 0.6 is 0 Å². The van der Waals surface area contributed by atoms with Crippen LogP contribution in [0.1, 0.15) is 38.7 Å². The van der Waals surface area contributed by atoms with Gasteiger partial charge in [-0.2, -0.15) is 0 Å². The SMILES string of the molecule is CCOc1ccc(N)cc1CN1CCCC(CC)C1. The summed E-state index contributed by atoms with van der Waals surface area (Å²) in [5.41, 5.74) is 7.95. The van der Waals surface area contributed by atoms with Crippen LogP contribution in [0.25, 0.3) is 0 Å². The van der Waals surface area contributed by atoms with Crippen LogP contribution in [0, 0.1) is 5.92 Å². The molecule has 3 heteroatoms. The highest BCUT2D eigenvalue weighted by Gasteiger charge is 2.19. The number of piperidine rings is 1. The molecule has 19 heavy (non-hydrogen) atoms. The Morgan fingerprint density at radius 2 is 2.21 bits per heavy atom. The predicted molar refractivity (Wildman–Crippen MR) is 80.3 cm³/mol. The number of rotatable bonds is 5. The topological polar surface area (TPSA) is 38.5 Å². The van der Waals surface area contributed by atoms with Gasteiger partial charge in [0, 0.05) is 24.3 Å². The lowest BCUT2D eigenvalue weighted by Gasteiger charge is -2.32. The highest BCUT2D eigenvalue weighted by molar-refractivity contribution is 5.47. The minimum Gasteiger partial charge on any atom is -0.494 e. The molecular formula is C16H26N2O. The highest BCUT2D eigenvalue weighted by Crippen LogP contribution is 2.26. The lowest BCUT2D eigenvalue weighted by Crippen LogP contribution is -2.34. The molecule has 0 bridgehead atoms. The first kappa shape index (κ1) is 14.2. The third-order valence-corrected chi connectivity index (χ3v) is 3.96. The Balaban J connectivity index is 2.06. The zero-order valence-electron chi connectivity index (χ0n) is 12.2. The van der Waals surface area contributed by atoms with E-state index < -0.39 is 0 Å².